The summed E-state index contributed by atoms with van der Waals surface area (Å²) < 4.78 is 2.54. The van der Waals surface area contributed by atoms with Crippen molar-refractivity contribution < 1.29 is 4.79 Å². The van der Waals surface area contributed by atoms with Crippen LogP contribution in [0.15, 0.2) is 16.4 Å². The molecule has 0 spiro atoms. The lowest BCUT2D eigenvalue weighted by molar-refractivity contribution is 0.0954. The summed E-state index contributed by atoms with van der Waals surface area (Å²) in [6.45, 7) is 4.41. The normalized spacial score (nSPS) is 10.8. The zero-order chi connectivity index (χ0) is 13.3. The van der Waals surface area contributed by atoms with Gasteiger partial charge in [-0.15, -0.1) is 11.3 Å². The summed E-state index contributed by atoms with van der Waals surface area (Å²) >= 11 is 1.42. The molecule has 0 atom stereocenters. The van der Waals surface area contributed by atoms with E-state index in [1.165, 1.54) is 11.3 Å². The van der Waals surface area contributed by atoms with Crippen molar-refractivity contribution in [3.63, 3.8) is 0 Å². The largest absolute Gasteiger partial charge is 0.352 e. The van der Waals surface area contributed by atoms with Crippen LogP contribution in [0.25, 0.3) is 10.2 Å². The molecule has 96 valence electrons. The number of amides is 1. The predicted molar refractivity (Wildman–Crippen MR) is 74.5 cm³/mol. The molecule has 0 aliphatic carbocycles. The second-order valence-electron chi connectivity index (χ2n) is 4.13. The van der Waals surface area contributed by atoms with E-state index in [-0.39, 0.29) is 16.9 Å². The average Bonchev–Trinajstić information content (AvgIpc) is 2.78. The summed E-state index contributed by atoms with van der Waals surface area (Å²) in [6, 6.07) is 0. The number of fused-ring (bicyclic) bond motifs is 1. The van der Waals surface area contributed by atoms with Gasteiger partial charge in [-0.25, -0.2) is 0 Å². The fourth-order valence-electron chi connectivity index (χ4n) is 2.04. The Labute approximate surface area is 109 Å². The molecule has 2 rings (SSSR count). The number of carbonyl (C=O) groups is 1. The molecule has 4 nitrogen and oxygen atoms in total. The lowest BCUT2D eigenvalue weighted by Gasteiger charge is -2.07. The van der Waals surface area contributed by atoms with Crippen LogP contribution in [-0.2, 0) is 13.5 Å². The number of hydrogen-bond donors (Lipinski definition) is 1. The molecule has 2 aromatic heterocycles. The van der Waals surface area contributed by atoms with Gasteiger partial charge in [0, 0.05) is 19.8 Å². The van der Waals surface area contributed by atoms with Crippen molar-refractivity contribution in [3.05, 3.63) is 32.9 Å². The van der Waals surface area contributed by atoms with Gasteiger partial charge in [0.05, 0.1) is 10.2 Å². The van der Waals surface area contributed by atoms with Crippen LogP contribution >= 0.6 is 11.3 Å². The molecule has 0 saturated heterocycles. The highest BCUT2D eigenvalue weighted by atomic mass is 32.1. The monoisotopic (exact) mass is 264 g/mol. The zero-order valence-electron chi connectivity index (χ0n) is 10.7. The number of rotatable bonds is 3. The molecule has 2 aromatic rings. The molecule has 0 aliphatic rings. The lowest BCUT2D eigenvalue weighted by atomic mass is 10.1. The third-order valence-electron chi connectivity index (χ3n) is 2.93. The Balaban J connectivity index is 2.70. The SMILES string of the molecule is CCNC(=O)c1cn(C)c2c(CC)csc2c1=O. The van der Waals surface area contributed by atoms with Gasteiger partial charge in [-0.2, -0.15) is 0 Å². The van der Waals surface area contributed by atoms with Crippen LogP contribution < -0.4 is 10.7 Å². The van der Waals surface area contributed by atoms with Gasteiger partial charge in [0.15, 0.2) is 0 Å². The molecule has 0 fully saturated rings. The average molecular weight is 264 g/mol. The van der Waals surface area contributed by atoms with E-state index in [1.54, 1.807) is 6.20 Å². The van der Waals surface area contributed by atoms with Crippen molar-refractivity contribution in [1.82, 2.24) is 9.88 Å². The van der Waals surface area contributed by atoms with E-state index in [2.05, 4.69) is 12.2 Å². The summed E-state index contributed by atoms with van der Waals surface area (Å²) in [6.07, 6.45) is 2.51. The van der Waals surface area contributed by atoms with E-state index in [0.717, 1.165) is 17.5 Å². The minimum atomic E-state index is -0.300. The van der Waals surface area contributed by atoms with E-state index in [0.29, 0.717) is 11.2 Å². The minimum absolute atomic E-state index is 0.168. The van der Waals surface area contributed by atoms with Crippen LogP contribution in [0.5, 0.6) is 0 Å². The lowest BCUT2D eigenvalue weighted by Crippen LogP contribution is -2.29. The number of nitrogens with one attached hydrogen (secondary N) is 1. The van der Waals surface area contributed by atoms with E-state index in [1.807, 2.05) is 23.9 Å². The molecule has 1 N–H and O–H groups in total. The molecule has 5 heteroatoms. The van der Waals surface area contributed by atoms with Crippen molar-refractivity contribution in [2.24, 2.45) is 7.05 Å². The van der Waals surface area contributed by atoms with Crippen molar-refractivity contribution in [2.75, 3.05) is 6.54 Å². The number of carbonyl (C=O) groups excluding carboxylic acids is 1. The molecule has 0 radical (unpaired) electrons. The Hall–Kier alpha value is -1.62. The number of aryl methyl sites for hydroxylation is 2. The molecule has 18 heavy (non-hydrogen) atoms. The zero-order valence-corrected chi connectivity index (χ0v) is 11.6. The molecular weight excluding hydrogens is 248 g/mol. The Kier molecular flexibility index (Phi) is 3.52. The number of thiophene rings is 1. The number of pyridine rings is 1. The summed E-state index contributed by atoms with van der Waals surface area (Å²) in [5.74, 6) is -0.300. The molecule has 0 aromatic carbocycles. The first-order chi connectivity index (χ1) is 8.60. The highest BCUT2D eigenvalue weighted by molar-refractivity contribution is 7.17. The molecular formula is C13H16N2O2S. The Morgan fingerprint density at radius 3 is 2.78 bits per heavy atom. The quantitative estimate of drug-likeness (QED) is 0.920. The van der Waals surface area contributed by atoms with Gasteiger partial charge in [0.2, 0.25) is 5.43 Å². The molecule has 2 heterocycles. The first kappa shape index (κ1) is 12.8. The summed E-state index contributed by atoms with van der Waals surface area (Å²) in [4.78, 5) is 24.1. The van der Waals surface area contributed by atoms with Gasteiger partial charge in [0.25, 0.3) is 5.91 Å². The number of hydrogen-bond acceptors (Lipinski definition) is 3. The maximum Gasteiger partial charge on any atom is 0.256 e. The van der Waals surface area contributed by atoms with E-state index in [4.69, 9.17) is 0 Å². The van der Waals surface area contributed by atoms with Crippen LogP contribution in [0.2, 0.25) is 0 Å². The Morgan fingerprint density at radius 1 is 1.44 bits per heavy atom. The Bertz CT molecular complexity index is 655. The standard InChI is InChI=1S/C13H16N2O2S/c1-4-8-7-18-12-10(8)15(3)6-9(11(12)16)13(17)14-5-2/h6-7H,4-5H2,1-3H3,(H,14,17). The van der Waals surface area contributed by atoms with Gasteiger partial charge in [-0.1, -0.05) is 6.92 Å². The molecule has 0 saturated carbocycles. The van der Waals surface area contributed by atoms with Crippen molar-refractivity contribution in [1.29, 1.82) is 0 Å². The highest BCUT2D eigenvalue weighted by Gasteiger charge is 2.16. The first-order valence-corrected chi connectivity index (χ1v) is 6.86. The van der Waals surface area contributed by atoms with E-state index in [9.17, 15) is 9.59 Å². The van der Waals surface area contributed by atoms with Crippen molar-refractivity contribution in [2.45, 2.75) is 20.3 Å². The molecule has 0 bridgehead atoms. The minimum Gasteiger partial charge on any atom is -0.352 e. The van der Waals surface area contributed by atoms with Gasteiger partial charge >= 0.3 is 0 Å². The van der Waals surface area contributed by atoms with Crippen molar-refractivity contribution >= 4 is 27.5 Å². The van der Waals surface area contributed by atoms with Crippen LogP contribution in [-0.4, -0.2) is 17.0 Å². The van der Waals surface area contributed by atoms with Crippen LogP contribution in [0.3, 0.4) is 0 Å². The second kappa shape index (κ2) is 4.94. The van der Waals surface area contributed by atoms with E-state index < -0.39 is 0 Å². The molecule has 0 unspecified atom stereocenters. The van der Waals surface area contributed by atoms with Crippen LogP contribution in [0.4, 0.5) is 0 Å². The fourth-order valence-corrected chi connectivity index (χ4v) is 3.18. The van der Waals surface area contributed by atoms with Gasteiger partial charge in [-0.3, -0.25) is 9.59 Å². The van der Waals surface area contributed by atoms with Crippen LogP contribution in [0.1, 0.15) is 29.8 Å². The Morgan fingerprint density at radius 2 is 2.17 bits per heavy atom. The van der Waals surface area contributed by atoms with Crippen LogP contribution in [0, 0.1) is 0 Å². The van der Waals surface area contributed by atoms with Gasteiger partial charge in [0.1, 0.15) is 5.56 Å². The second-order valence-corrected chi connectivity index (χ2v) is 5.01. The summed E-state index contributed by atoms with van der Waals surface area (Å²) in [7, 11) is 1.87. The molecule has 1 amide bonds. The highest BCUT2D eigenvalue weighted by Crippen LogP contribution is 2.23. The van der Waals surface area contributed by atoms with Crippen molar-refractivity contribution in [3.8, 4) is 0 Å². The third kappa shape index (κ3) is 1.95. The molecule has 0 aliphatic heterocycles. The van der Waals surface area contributed by atoms with Gasteiger partial charge in [-0.05, 0) is 24.3 Å². The smallest absolute Gasteiger partial charge is 0.256 e. The fraction of sp³-hybridized carbons (Fsp3) is 0.385. The van der Waals surface area contributed by atoms with Gasteiger partial charge < -0.3 is 9.88 Å². The number of nitrogens with zero attached hydrogens (tertiary/aromatic N) is 1. The third-order valence-corrected chi connectivity index (χ3v) is 3.94. The van der Waals surface area contributed by atoms with E-state index >= 15 is 0 Å². The maximum absolute atomic E-state index is 12.3. The summed E-state index contributed by atoms with van der Waals surface area (Å²) in [5.41, 5.74) is 2.15. The summed E-state index contributed by atoms with van der Waals surface area (Å²) in [5, 5.41) is 4.66. The maximum atomic E-state index is 12.3. The first-order valence-electron chi connectivity index (χ1n) is 5.98. The topological polar surface area (TPSA) is 51.1 Å². The predicted octanol–water partition coefficient (Wildman–Crippen LogP) is 1.91. The number of aromatic nitrogens is 1.